The molecule has 1 saturated carbocycles. The molecule has 0 spiro atoms. The van der Waals surface area contributed by atoms with Crippen LogP contribution in [-0.4, -0.2) is 36.7 Å². The number of fused-ring (bicyclic) bond motifs is 1. The summed E-state index contributed by atoms with van der Waals surface area (Å²) in [6.07, 6.45) is 4.77. The Bertz CT molecular complexity index is 800. The summed E-state index contributed by atoms with van der Waals surface area (Å²) in [5, 5.41) is 3.21. The fourth-order valence-corrected chi connectivity index (χ4v) is 3.58. The van der Waals surface area contributed by atoms with E-state index < -0.39 is 15.8 Å². The highest BCUT2D eigenvalue weighted by atomic mass is 32.2. The molecule has 132 valence electrons. The van der Waals surface area contributed by atoms with E-state index in [2.05, 4.69) is 20.0 Å². The predicted octanol–water partition coefficient (Wildman–Crippen LogP) is 2.27. The van der Waals surface area contributed by atoms with Crippen LogP contribution < -0.4 is 10.0 Å². The molecule has 0 unspecified atom stereocenters. The Kier molecular flexibility index (Phi) is 5.00. The molecule has 0 radical (unpaired) electrons. The average Bonchev–Trinajstić information content (AvgIpc) is 2.95. The van der Waals surface area contributed by atoms with Crippen LogP contribution in [0.5, 0.6) is 0 Å². The SMILES string of the molecule is CCS(=O)(=O)NCC1CCC(Nc2nc3ncc(F)cc3o2)CC1. The molecule has 7 nitrogen and oxygen atoms in total. The Morgan fingerprint density at radius 2 is 2.08 bits per heavy atom. The van der Waals surface area contributed by atoms with Gasteiger partial charge in [-0.1, -0.05) is 0 Å². The molecule has 0 bridgehead atoms. The van der Waals surface area contributed by atoms with Gasteiger partial charge in [0.25, 0.3) is 6.01 Å². The number of anilines is 1. The maximum atomic E-state index is 13.1. The smallest absolute Gasteiger partial charge is 0.297 e. The molecule has 1 fully saturated rings. The molecule has 0 saturated heterocycles. The second-order valence-corrected chi connectivity index (χ2v) is 8.20. The zero-order chi connectivity index (χ0) is 17.2. The summed E-state index contributed by atoms with van der Waals surface area (Å²) in [7, 11) is -3.13. The Hall–Kier alpha value is -1.74. The summed E-state index contributed by atoms with van der Waals surface area (Å²) in [5.41, 5.74) is 0.696. The van der Waals surface area contributed by atoms with Crippen molar-refractivity contribution in [2.45, 2.75) is 38.6 Å². The fraction of sp³-hybridized carbons (Fsp3) is 0.600. The number of rotatable bonds is 6. The predicted molar refractivity (Wildman–Crippen MR) is 88.6 cm³/mol. The van der Waals surface area contributed by atoms with Crippen LogP contribution in [0.1, 0.15) is 32.6 Å². The Labute approximate surface area is 140 Å². The lowest BCUT2D eigenvalue weighted by atomic mass is 9.86. The van der Waals surface area contributed by atoms with E-state index in [4.69, 9.17) is 4.42 Å². The molecule has 2 aromatic heterocycles. The van der Waals surface area contributed by atoms with Crippen LogP contribution in [-0.2, 0) is 10.0 Å². The minimum Gasteiger partial charge on any atom is -0.422 e. The maximum absolute atomic E-state index is 13.1. The number of oxazole rings is 1. The van der Waals surface area contributed by atoms with Crippen molar-refractivity contribution in [3.05, 3.63) is 18.1 Å². The van der Waals surface area contributed by atoms with Gasteiger partial charge in [-0.3, -0.25) is 0 Å². The normalized spacial score (nSPS) is 21.9. The highest BCUT2D eigenvalue weighted by Crippen LogP contribution is 2.27. The third-order valence-corrected chi connectivity index (χ3v) is 5.73. The molecule has 2 N–H and O–H groups in total. The van der Waals surface area contributed by atoms with Gasteiger partial charge in [-0.15, -0.1) is 0 Å². The van der Waals surface area contributed by atoms with Gasteiger partial charge in [-0.25, -0.2) is 22.5 Å². The number of nitrogens with zero attached hydrogens (tertiary/aromatic N) is 2. The number of hydrogen-bond acceptors (Lipinski definition) is 6. The molecule has 0 atom stereocenters. The highest BCUT2D eigenvalue weighted by Gasteiger charge is 2.23. The number of hydrogen-bond donors (Lipinski definition) is 2. The first-order chi connectivity index (χ1) is 11.4. The van der Waals surface area contributed by atoms with Crippen LogP contribution in [0.25, 0.3) is 11.2 Å². The third kappa shape index (κ3) is 4.21. The molecule has 3 rings (SSSR count). The average molecular weight is 356 g/mol. The molecule has 9 heteroatoms. The first-order valence-electron chi connectivity index (χ1n) is 8.11. The third-order valence-electron chi connectivity index (χ3n) is 4.36. The lowest BCUT2D eigenvalue weighted by Gasteiger charge is -2.28. The second-order valence-electron chi connectivity index (χ2n) is 6.11. The van der Waals surface area contributed by atoms with Crippen LogP contribution in [0.4, 0.5) is 10.4 Å². The summed E-state index contributed by atoms with van der Waals surface area (Å²) < 4.78 is 44.2. The van der Waals surface area contributed by atoms with Crippen LogP contribution >= 0.6 is 0 Å². The van der Waals surface area contributed by atoms with Gasteiger partial charge < -0.3 is 9.73 Å². The van der Waals surface area contributed by atoms with Gasteiger partial charge in [-0.2, -0.15) is 4.98 Å². The van der Waals surface area contributed by atoms with Gasteiger partial charge in [0.1, 0.15) is 5.82 Å². The molecule has 2 heterocycles. The summed E-state index contributed by atoms with van der Waals surface area (Å²) in [5.74, 6) is -0.00000494. The van der Waals surface area contributed by atoms with Crippen LogP contribution in [0.15, 0.2) is 16.7 Å². The van der Waals surface area contributed by atoms with Crippen LogP contribution in [0.2, 0.25) is 0 Å². The van der Waals surface area contributed by atoms with Crippen molar-refractivity contribution in [2.24, 2.45) is 5.92 Å². The standard InChI is InChI=1S/C15H21FN4O3S/c1-2-24(21,22)18-8-10-3-5-12(6-4-10)19-15-20-14-13(23-15)7-11(16)9-17-14/h7,9-10,12,18H,2-6,8H2,1H3,(H,17,19,20). The first-order valence-corrected chi connectivity index (χ1v) is 9.76. The number of pyridine rings is 1. The summed E-state index contributed by atoms with van der Waals surface area (Å²) in [4.78, 5) is 8.08. The molecular weight excluding hydrogens is 335 g/mol. The first kappa shape index (κ1) is 17.1. The van der Waals surface area contributed by atoms with E-state index >= 15 is 0 Å². The van der Waals surface area contributed by atoms with Crippen molar-refractivity contribution in [3.63, 3.8) is 0 Å². The minimum absolute atomic E-state index is 0.107. The lowest BCUT2D eigenvalue weighted by Crippen LogP contribution is -2.34. The van der Waals surface area contributed by atoms with Gasteiger partial charge >= 0.3 is 0 Å². The van der Waals surface area contributed by atoms with Crippen molar-refractivity contribution in [1.82, 2.24) is 14.7 Å². The summed E-state index contributed by atoms with van der Waals surface area (Å²) >= 11 is 0. The van der Waals surface area contributed by atoms with Gasteiger partial charge in [0.15, 0.2) is 5.58 Å². The maximum Gasteiger partial charge on any atom is 0.297 e. The van der Waals surface area contributed by atoms with Crippen molar-refractivity contribution in [3.8, 4) is 0 Å². The lowest BCUT2D eigenvalue weighted by molar-refractivity contribution is 0.334. The van der Waals surface area contributed by atoms with Crippen LogP contribution in [0.3, 0.4) is 0 Å². The quantitative estimate of drug-likeness (QED) is 0.824. The highest BCUT2D eigenvalue weighted by molar-refractivity contribution is 7.89. The zero-order valence-corrected chi connectivity index (χ0v) is 14.3. The molecule has 0 amide bonds. The Balaban J connectivity index is 1.51. The second kappa shape index (κ2) is 7.02. The van der Waals surface area contributed by atoms with Crippen molar-refractivity contribution in [2.75, 3.05) is 17.6 Å². The molecule has 0 aliphatic heterocycles. The molecule has 24 heavy (non-hydrogen) atoms. The van der Waals surface area contributed by atoms with E-state index in [9.17, 15) is 12.8 Å². The Morgan fingerprint density at radius 1 is 1.33 bits per heavy atom. The van der Waals surface area contributed by atoms with E-state index in [-0.39, 0.29) is 11.8 Å². The fourth-order valence-electron chi connectivity index (χ4n) is 2.89. The van der Waals surface area contributed by atoms with Crippen molar-refractivity contribution in [1.29, 1.82) is 0 Å². The van der Waals surface area contributed by atoms with Gasteiger partial charge in [0, 0.05) is 18.7 Å². The monoisotopic (exact) mass is 356 g/mol. The van der Waals surface area contributed by atoms with E-state index in [0.717, 1.165) is 31.9 Å². The molecule has 0 aromatic carbocycles. The van der Waals surface area contributed by atoms with E-state index in [1.165, 1.54) is 6.07 Å². The van der Waals surface area contributed by atoms with E-state index in [1.54, 1.807) is 6.92 Å². The van der Waals surface area contributed by atoms with Crippen LogP contribution in [0, 0.1) is 11.7 Å². The zero-order valence-electron chi connectivity index (χ0n) is 13.5. The van der Waals surface area contributed by atoms with Gasteiger partial charge in [0.2, 0.25) is 15.7 Å². The van der Waals surface area contributed by atoms with Crippen molar-refractivity contribution < 1.29 is 17.2 Å². The van der Waals surface area contributed by atoms with Gasteiger partial charge in [0.05, 0.1) is 11.9 Å². The van der Waals surface area contributed by atoms with E-state index in [0.29, 0.717) is 29.7 Å². The van der Waals surface area contributed by atoms with Crippen molar-refractivity contribution >= 4 is 27.3 Å². The molecule has 1 aliphatic rings. The summed E-state index contributed by atoms with van der Waals surface area (Å²) in [6, 6.07) is 1.82. The van der Waals surface area contributed by atoms with Gasteiger partial charge in [-0.05, 0) is 38.5 Å². The minimum atomic E-state index is -3.13. The summed E-state index contributed by atoms with van der Waals surface area (Å²) in [6.45, 7) is 2.12. The van der Waals surface area contributed by atoms with E-state index in [1.807, 2.05) is 0 Å². The number of nitrogens with one attached hydrogen (secondary N) is 2. The topological polar surface area (TPSA) is 97.1 Å². The number of halogens is 1. The largest absolute Gasteiger partial charge is 0.422 e. The molecule has 2 aromatic rings. The molecule has 1 aliphatic carbocycles. The number of aromatic nitrogens is 2. The Morgan fingerprint density at radius 3 is 2.79 bits per heavy atom. The molecular formula is C15H21FN4O3S. The number of sulfonamides is 1.